The summed E-state index contributed by atoms with van der Waals surface area (Å²) in [6.07, 6.45) is 0. The first kappa shape index (κ1) is 12.9. The maximum absolute atomic E-state index is 13.2. The molecule has 6 heteroatoms. The number of benzene rings is 1. The molecule has 1 fully saturated rings. The van der Waals surface area contributed by atoms with Gasteiger partial charge in [0.25, 0.3) is 0 Å². The minimum Gasteiger partial charge on any atom is -0.353 e. The third kappa shape index (κ3) is 2.60. The van der Waals surface area contributed by atoms with E-state index in [0.717, 1.165) is 44.1 Å². The molecule has 104 valence electrons. The fraction of sp³-hybridized carbons (Fsp3) is 0.286. The Bertz CT molecular complexity index is 595. The van der Waals surface area contributed by atoms with E-state index in [1.807, 2.05) is 6.07 Å². The van der Waals surface area contributed by atoms with Crippen LogP contribution in [0.3, 0.4) is 0 Å². The van der Waals surface area contributed by atoms with E-state index in [-0.39, 0.29) is 0 Å². The van der Waals surface area contributed by atoms with Crippen LogP contribution in [0, 0.1) is 11.6 Å². The Morgan fingerprint density at radius 2 is 1.75 bits per heavy atom. The van der Waals surface area contributed by atoms with Crippen molar-refractivity contribution in [1.82, 2.24) is 15.5 Å². The van der Waals surface area contributed by atoms with Crippen LogP contribution >= 0.6 is 0 Å². The second-order valence-electron chi connectivity index (χ2n) is 4.64. The van der Waals surface area contributed by atoms with Gasteiger partial charge in [-0.2, -0.15) is 0 Å². The molecule has 0 amide bonds. The van der Waals surface area contributed by atoms with Crippen LogP contribution in [0.4, 0.5) is 14.6 Å². The standard InChI is InChI=1S/C14H14F2N4/c15-11-2-1-10(9-12(11)16)13-3-4-14(19-18-13)20-7-5-17-6-8-20/h1-4,9,17H,5-8H2. The molecular weight excluding hydrogens is 262 g/mol. The fourth-order valence-corrected chi connectivity index (χ4v) is 2.20. The van der Waals surface area contributed by atoms with Gasteiger partial charge < -0.3 is 10.2 Å². The van der Waals surface area contributed by atoms with Crippen LogP contribution in [0.5, 0.6) is 0 Å². The highest BCUT2D eigenvalue weighted by atomic mass is 19.2. The summed E-state index contributed by atoms with van der Waals surface area (Å²) >= 11 is 0. The van der Waals surface area contributed by atoms with Crippen molar-refractivity contribution in [3.63, 3.8) is 0 Å². The lowest BCUT2D eigenvalue weighted by molar-refractivity contribution is 0.509. The largest absolute Gasteiger partial charge is 0.353 e. The third-order valence-corrected chi connectivity index (χ3v) is 3.31. The molecule has 2 aromatic rings. The van der Waals surface area contributed by atoms with Gasteiger partial charge >= 0.3 is 0 Å². The van der Waals surface area contributed by atoms with Gasteiger partial charge in [0.15, 0.2) is 17.5 Å². The van der Waals surface area contributed by atoms with E-state index >= 15 is 0 Å². The number of nitrogens with one attached hydrogen (secondary N) is 1. The summed E-state index contributed by atoms with van der Waals surface area (Å²) in [5.74, 6) is -0.938. The first-order chi connectivity index (χ1) is 9.74. The summed E-state index contributed by atoms with van der Waals surface area (Å²) in [6, 6.07) is 7.35. The second kappa shape index (κ2) is 5.50. The molecule has 0 aliphatic carbocycles. The van der Waals surface area contributed by atoms with Crippen molar-refractivity contribution >= 4 is 5.82 Å². The van der Waals surface area contributed by atoms with Crippen LogP contribution in [0.15, 0.2) is 30.3 Å². The van der Waals surface area contributed by atoms with Gasteiger partial charge in [-0.25, -0.2) is 8.78 Å². The lowest BCUT2D eigenvalue weighted by Gasteiger charge is -2.27. The molecule has 0 spiro atoms. The number of rotatable bonds is 2. The van der Waals surface area contributed by atoms with Crippen molar-refractivity contribution in [3.8, 4) is 11.3 Å². The minimum atomic E-state index is -0.879. The Hall–Kier alpha value is -2.08. The maximum Gasteiger partial charge on any atom is 0.159 e. The first-order valence-corrected chi connectivity index (χ1v) is 6.49. The van der Waals surface area contributed by atoms with Crippen LogP contribution in [-0.2, 0) is 0 Å². The zero-order valence-corrected chi connectivity index (χ0v) is 10.8. The molecule has 1 aliphatic rings. The number of piperazine rings is 1. The summed E-state index contributed by atoms with van der Waals surface area (Å²) in [4.78, 5) is 2.14. The highest BCUT2D eigenvalue weighted by Gasteiger charge is 2.12. The van der Waals surface area contributed by atoms with E-state index in [4.69, 9.17) is 0 Å². The Balaban J connectivity index is 1.83. The molecule has 0 atom stereocenters. The number of hydrogen-bond acceptors (Lipinski definition) is 4. The summed E-state index contributed by atoms with van der Waals surface area (Å²) < 4.78 is 26.1. The fourth-order valence-electron chi connectivity index (χ4n) is 2.20. The average molecular weight is 276 g/mol. The van der Waals surface area contributed by atoms with Crippen molar-refractivity contribution < 1.29 is 8.78 Å². The quantitative estimate of drug-likeness (QED) is 0.908. The molecule has 20 heavy (non-hydrogen) atoms. The molecule has 3 rings (SSSR count). The third-order valence-electron chi connectivity index (χ3n) is 3.31. The normalized spacial score (nSPS) is 15.4. The van der Waals surface area contributed by atoms with Gasteiger partial charge in [-0.15, -0.1) is 10.2 Å². The zero-order chi connectivity index (χ0) is 13.9. The Kier molecular flexibility index (Phi) is 3.56. The molecule has 1 aromatic heterocycles. The van der Waals surface area contributed by atoms with E-state index in [1.165, 1.54) is 6.07 Å². The minimum absolute atomic E-state index is 0.517. The first-order valence-electron chi connectivity index (χ1n) is 6.49. The van der Waals surface area contributed by atoms with Gasteiger partial charge in [0.05, 0.1) is 5.69 Å². The zero-order valence-electron chi connectivity index (χ0n) is 10.8. The van der Waals surface area contributed by atoms with Gasteiger partial charge in [-0.1, -0.05) is 0 Å². The van der Waals surface area contributed by atoms with E-state index in [9.17, 15) is 8.78 Å². The topological polar surface area (TPSA) is 41.0 Å². The highest BCUT2D eigenvalue weighted by Crippen LogP contribution is 2.20. The number of nitrogens with zero attached hydrogens (tertiary/aromatic N) is 3. The smallest absolute Gasteiger partial charge is 0.159 e. The van der Waals surface area contributed by atoms with Crippen molar-refractivity contribution in [1.29, 1.82) is 0 Å². The molecule has 1 saturated heterocycles. The van der Waals surface area contributed by atoms with Crippen molar-refractivity contribution in [2.24, 2.45) is 0 Å². The maximum atomic E-state index is 13.2. The van der Waals surface area contributed by atoms with Gasteiger partial charge in [0.1, 0.15) is 0 Å². The number of aromatic nitrogens is 2. The summed E-state index contributed by atoms with van der Waals surface area (Å²) in [7, 11) is 0. The van der Waals surface area contributed by atoms with Crippen LogP contribution in [0.25, 0.3) is 11.3 Å². The van der Waals surface area contributed by atoms with Crippen LogP contribution in [-0.4, -0.2) is 36.4 Å². The number of halogens is 2. The van der Waals surface area contributed by atoms with Crippen LogP contribution in [0.2, 0.25) is 0 Å². The molecule has 0 unspecified atom stereocenters. The predicted molar refractivity (Wildman–Crippen MR) is 72.5 cm³/mol. The summed E-state index contributed by atoms with van der Waals surface area (Å²) in [5, 5.41) is 11.5. The molecule has 2 heterocycles. The van der Waals surface area contributed by atoms with Crippen molar-refractivity contribution in [2.75, 3.05) is 31.1 Å². The molecule has 1 aliphatic heterocycles. The van der Waals surface area contributed by atoms with E-state index < -0.39 is 11.6 Å². The SMILES string of the molecule is Fc1ccc(-c2ccc(N3CCNCC3)nn2)cc1F. The second-order valence-corrected chi connectivity index (χ2v) is 4.64. The Morgan fingerprint density at radius 3 is 2.40 bits per heavy atom. The van der Waals surface area contributed by atoms with Crippen molar-refractivity contribution in [3.05, 3.63) is 42.0 Å². The van der Waals surface area contributed by atoms with Crippen LogP contribution in [0.1, 0.15) is 0 Å². The average Bonchev–Trinajstić information content (AvgIpc) is 2.51. The molecule has 1 N–H and O–H groups in total. The van der Waals surface area contributed by atoms with Gasteiger partial charge in [-0.05, 0) is 30.3 Å². The van der Waals surface area contributed by atoms with Gasteiger partial charge in [-0.3, -0.25) is 0 Å². The van der Waals surface area contributed by atoms with Crippen molar-refractivity contribution in [2.45, 2.75) is 0 Å². The van der Waals surface area contributed by atoms with Gasteiger partial charge in [0, 0.05) is 31.7 Å². The monoisotopic (exact) mass is 276 g/mol. The molecule has 1 aromatic carbocycles. The van der Waals surface area contributed by atoms with E-state index in [2.05, 4.69) is 20.4 Å². The van der Waals surface area contributed by atoms with E-state index in [0.29, 0.717) is 11.3 Å². The molecule has 0 radical (unpaired) electrons. The Labute approximate surface area is 115 Å². The number of anilines is 1. The Morgan fingerprint density at radius 1 is 0.950 bits per heavy atom. The lowest BCUT2D eigenvalue weighted by atomic mass is 10.1. The summed E-state index contributed by atoms with van der Waals surface area (Å²) in [6.45, 7) is 3.62. The molecule has 0 bridgehead atoms. The molecule has 4 nitrogen and oxygen atoms in total. The molecular formula is C14H14F2N4. The van der Waals surface area contributed by atoms with Gasteiger partial charge in [0.2, 0.25) is 0 Å². The number of hydrogen-bond donors (Lipinski definition) is 1. The van der Waals surface area contributed by atoms with E-state index in [1.54, 1.807) is 6.07 Å². The predicted octanol–water partition coefficient (Wildman–Crippen LogP) is 1.83. The molecule has 0 saturated carbocycles. The highest BCUT2D eigenvalue weighted by molar-refractivity contribution is 5.59. The lowest BCUT2D eigenvalue weighted by Crippen LogP contribution is -2.43. The van der Waals surface area contributed by atoms with Crippen LogP contribution < -0.4 is 10.2 Å². The summed E-state index contributed by atoms with van der Waals surface area (Å²) in [5.41, 5.74) is 1.05.